The predicted molar refractivity (Wildman–Crippen MR) is 99.7 cm³/mol. The maximum atomic E-state index is 13.5. The van der Waals surface area contributed by atoms with Gasteiger partial charge in [0.05, 0.1) is 4.90 Å². The summed E-state index contributed by atoms with van der Waals surface area (Å²) < 4.78 is 45.3. The Bertz CT molecular complexity index is 916. The summed E-state index contributed by atoms with van der Waals surface area (Å²) in [6, 6.07) is 12.2. The lowest BCUT2D eigenvalue weighted by Crippen LogP contribution is -2.31. The van der Waals surface area contributed by atoms with Crippen molar-refractivity contribution in [2.24, 2.45) is 0 Å². The Morgan fingerprint density at radius 3 is 2.48 bits per heavy atom. The van der Waals surface area contributed by atoms with E-state index in [1.165, 1.54) is 31.3 Å². The van der Waals surface area contributed by atoms with E-state index in [4.69, 9.17) is 4.74 Å². The van der Waals surface area contributed by atoms with E-state index in [9.17, 15) is 17.6 Å². The molecular formula is C19H21FN2O4S. The van der Waals surface area contributed by atoms with Gasteiger partial charge in [-0.3, -0.25) is 4.79 Å². The fourth-order valence-electron chi connectivity index (χ4n) is 2.87. The Morgan fingerprint density at radius 1 is 1.15 bits per heavy atom. The standard InChI is InChI=1S/C19H21FN2O4S/c1-21(13-14-26-18-6-3-2-5-17(18)20)27(24,25)16-10-8-15(9-11-16)22-12-4-7-19(22)23/h2-3,5-6,8-11H,4,7,12-14H2,1H3. The van der Waals surface area contributed by atoms with Gasteiger partial charge in [-0.1, -0.05) is 12.1 Å². The lowest BCUT2D eigenvalue weighted by molar-refractivity contribution is -0.117. The third kappa shape index (κ3) is 4.28. The van der Waals surface area contributed by atoms with Gasteiger partial charge in [0.15, 0.2) is 11.6 Å². The molecule has 2 aromatic carbocycles. The molecule has 1 aliphatic heterocycles. The molecule has 1 amide bonds. The number of benzene rings is 2. The first-order chi connectivity index (χ1) is 12.9. The maximum absolute atomic E-state index is 13.5. The Kier molecular flexibility index (Phi) is 5.76. The van der Waals surface area contributed by atoms with Crippen LogP contribution in [0, 0.1) is 5.82 Å². The monoisotopic (exact) mass is 392 g/mol. The van der Waals surface area contributed by atoms with E-state index in [2.05, 4.69) is 0 Å². The molecule has 3 rings (SSSR count). The number of para-hydroxylation sites is 1. The van der Waals surface area contributed by atoms with Gasteiger partial charge in [-0.15, -0.1) is 0 Å². The number of rotatable bonds is 7. The summed E-state index contributed by atoms with van der Waals surface area (Å²) in [4.78, 5) is 13.6. The zero-order chi connectivity index (χ0) is 19.4. The third-order valence-corrected chi connectivity index (χ3v) is 6.30. The van der Waals surface area contributed by atoms with Crippen molar-refractivity contribution in [2.45, 2.75) is 17.7 Å². The summed E-state index contributed by atoms with van der Waals surface area (Å²) in [7, 11) is -2.26. The number of likely N-dealkylation sites (N-methyl/N-ethyl adjacent to an activating group) is 1. The van der Waals surface area contributed by atoms with E-state index in [1.807, 2.05) is 0 Å². The van der Waals surface area contributed by atoms with Gasteiger partial charge in [0.2, 0.25) is 15.9 Å². The highest BCUT2D eigenvalue weighted by Gasteiger charge is 2.24. The first-order valence-electron chi connectivity index (χ1n) is 8.64. The molecule has 1 heterocycles. The molecule has 0 aromatic heterocycles. The highest BCUT2D eigenvalue weighted by atomic mass is 32.2. The molecule has 0 radical (unpaired) electrons. The number of hydrogen-bond acceptors (Lipinski definition) is 4. The van der Waals surface area contributed by atoms with Crippen molar-refractivity contribution in [3.63, 3.8) is 0 Å². The fourth-order valence-corrected chi connectivity index (χ4v) is 4.02. The second-order valence-corrected chi connectivity index (χ2v) is 8.29. The summed E-state index contributed by atoms with van der Waals surface area (Å²) in [5, 5.41) is 0. The van der Waals surface area contributed by atoms with Gasteiger partial charge < -0.3 is 9.64 Å². The Morgan fingerprint density at radius 2 is 1.85 bits per heavy atom. The average Bonchev–Trinajstić information content (AvgIpc) is 3.09. The number of hydrogen-bond donors (Lipinski definition) is 0. The van der Waals surface area contributed by atoms with Gasteiger partial charge in [0.25, 0.3) is 0 Å². The fraction of sp³-hybridized carbons (Fsp3) is 0.316. The Balaban J connectivity index is 1.62. The van der Waals surface area contributed by atoms with Gasteiger partial charge in [-0.2, -0.15) is 4.31 Å². The SMILES string of the molecule is CN(CCOc1ccccc1F)S(=O)(=O)c1ccc(N2CCCC2=O)cc1. The third-order valence-electron chi connectivity index (χ3n) is 4.43. The van der Waals surface area contributed by atoms with Crippen LogP contribution in [0.2, 0.25) is 0 Å². The molecular weight excluding hydrogens is 371 g/mol. The molecule has 1 saturated heterocycles. The van der Waals surface area contributed by atoms with Crippen molar-refractivity contribution in [3.05, 3.63) is 54.3 Å². The first-order valence-corrected chi connectivity index (χ1v) is 10.1. The minimum Gasteiger partial charge on any atom is -0.489 e. The van der Waals surface area contributed by atoms with Gasteiger partial charge in [0, 0.05) is 32.2 Å². The van der Waals surface area contributed by atoms with Crippen LogP contribution in [-0.2, 0) is 14.8 Å². The molecule has 27 heavy (non-hydrogen) atoms. The molecule has 0 atom stereocenters. The summed E-state index contributed by atoms with van der Waals surface area (Å²) in [5.74, 6) is -0.356. The summed E-state index contributed by atoms with van der Waals surface area (Å²) in [5.41, 5.74) is 0.696. The molecule has 0 aliphatic carbocycles. The number of nitrogens with zero attached hydrogens (tertiary/aromatic N) is 2. The molecule has 2 aromatic rings. The Labute approximate surface area is 158 Å². The van der Waals surface area contributed by atoms with Crippen molar-refractivity contribution < 1.29 is 22.3 Å². The van der Waals surface area contributed by atoms with Crippen molar-refractivity contribution in [1.82, 2.24) is 4.31 Å². The highest BCUT2D eigenvalue weighted by molar-refractivity contribution is 7.89. The van der Waals surface area contributed by atoms with E-state index in [0.29, 0.717) is 18.7 Å². The number of sulfonamides is 1. The largest absolute Gasteiger partial charge is 0.489 e. The van der Waals surface area contributed by atoms with Gasteiger partial charge in [-0.05, 0) is 42.8 Å². The molecule has 0 bridgehead atoms. The zero-order valence-electron chi connectivity index (χ0n) is 15.0. The van der Waals surface area contributed by atoms with E-state index >= 15 is 0 Å². The van der Waals surface area contributed by atoms with E-state index < -0.39 is 15.8 Å². The minimum atomic E-state index is -3.70. The van der Waals surface area contributed by atoms with Crippen molar-refractivity contribution in [3.8, 4) is 5.75 Å². The van der Waals surface area contributed by atoms with Crippen molar-refractivity contribution >= 4 is 21.6 Å². The molecule has 0 N–H and O–H groups in total. The van der Waals surface area contributed by atoms with Crippen LogP contribution >= 0.6 is 0 Å². The second-order valence-electron chi connectivity index (χ2n) is 6.25. The second kappa shape index (κ2) is 8.06. The van der Waals surface area contributed by atoms with Crippen LogP contribution in [0.5, 0.6) is 5.75 Å². The Hall–Kier alpha value is -2.45. The van der Waals surface area contributed by atoms with Crippen LogP contribution < -0.4 is 9.64 Å². The van der Waals surface area contributed by atoms with Gasteiger partial charge in [-0.25, -0.2) is 12.8 Å². The summed E-state index contributed by atoms with van der Waals surface area (Å²) >= 11 is 0. The van der Waals surface area contributed by atoms with Crippen molar-refractivity contribution in [2.75, 3.05) is 31.6 Å². The van der Waals surface area contributed by atoms with Gasteiger partial charge >= 0.3 is 0 Å². The number of carbonyl (C=O) groups excluding carboxylic acids is 1. The van der Waals surface area contributed by atoms with Crippen LogP contribution in [0.1, 0.15) is 12.8 Å². The van der Waals surface area contributed by atoms with Crippen LogP contribution in [0.15, 0.2) is 53.4 Å². The molecule has 144 valence electrons. The summed E-state index contributed by atoms with van der Waals surface area (Å²) in [6.45, 7) is 0.748. The highest BCUT2D eigenvalue weighted by Crippen LogP contribution is 2.24. The topological polar surface area (TPSA) is 66.9 Å². The molecule has 0 spiro atoms. The van der Waals surface area contributed by atoms with Crippen molar-refractivity contribution in [1.29, 1.82) is 0 Å². The average molecular weight is 392 g/mol. The van der Waals surface area contributed by atoms with Crippen LogP contribution in [0.4, 0.5) is 10.1 Å². The van der Waals surface area contributed by atoms with E-state index in [-0.39, 0.29) is 29.7 Å². The smallest absolute Gasteiger partial charge is 0.242 e. The molecule has 0 saturated carbocycles. The molecule has 8 heteroatoms. The quantitative estimate of drug-likeness (QED) is 0.727. The lowest BCUT2D eigenvalue weighted by atomic mass is 10.3. The number of halogens is 1. The lowest BCUT2D eigenvalue weighted by Gasteiger charge is -2.19. The van der Waals surface area contributed by atoms with E-state index in [0.717, 1.165) is 10.7 Å². The summed E-state index contributed by atoms with van der Waals surface area (Å²) in [6.07, 6.45) is 1.33. The van der Waals surface area contributed by atoms with Gasteiger partial charge in [0.1, 0.15) is 6.61 Å². The van der Waals surface area contributed by atoms with Crippen LogP contribution in [0.25, 0.3) is 0 Å². The molecule has 1 aliphatic rings. The molecule has 1 fully saturated rings. The maximum Gasteiger partial charge on any atom is 0.242 e. The number of anilines is 1. The molecule has 6 nitrogen and oxygen atoms in total. The number of ether oxygens (including phenoxy) is 1. The van der Waals surface area contributed by atoms with Crippen LogP contribution in [-0.4, -0.2) is 45.4 Å². The molecule has 0 unspecified atom stereocenters. The number of carbonyl (C=O) groups is 1. The van der Waals surface area contributed by atoms with Crippen LogP contribution in [0.3, 0.4) is 0 Å². The first kappa shape index (κ1) is 19.3. The normalized spacial score (nSPS) is 14.8. The number of amides is 1. The predicted octanol–water partition coefficient (Wildman–Crippen LogP) is 2.65. The zero-order valence-corrected chi connectivity index (χ0v) is 15.8. The minimum absolute atomic E-state index is 0.0248. The van der Waals surface area contributed by atoms with E-state index in [1.54, 1.807) is 29.2 Å².